The normalized spacial score (nSPS) is 10.5. The molecule has 0 radical (unpaired) electrons. The van der Waals surface area contributed by atoms with Gasteiger partial charge in [0, 0.05) is 4.47 Å². The fourth-order valence-electron chi connectivity index (χ4n) is 1.75. The van der Waals surface area contributed by atoms with Crippen LogP contribution in [0.5, 0.6) is 0 Å². The van der Waals surface area contributed by atoms with Crippen molar-refractivity contribution in [1.29, 1.82) is 0 Å². The molecule has 21 heavy (non-hydrogen) atoms. The Hall–Kier alpha value is -0.950. The van der Waals surface area contributed by atoms with Crippen molar-refractivity contribution in [3.05, 3.63) is 43.5 Å². The Bertz CT molecular complexity index is 737. The van der Waals surface area contributed by atoms with E-state index in [0.29, 0.717) is 31.6 Å². The van der Waals surface area contributed by atoms with E-state index >= 15 is 0 Å². The summed E-state index contributed by atoms with van der Waals surface area (Å²) in [5, 5.41) is 12.0. The standard InChI is InChI=1S/C13H11BrCl2N4S/c1-5-6(2)19-20-13(9(5)12(17)21)18-8-4-3-7(14)10(15)11(8)16/h3-4H,1-2H3,(H2,17,21)(H,18,20). The van der Waals surface area contributed by atoms with Crippen molar-refractivity contribution in [2.24, 2.45) is 5.73 Å². The molecule has 2 aromatic rings. The number of nitrogens with zero attached hydrogens (tertiary/aromatic N) is 2. The number of benzene rings is 1. The SMILES string of the molecule is Cc1nnc(Nc2ccc(Br)c(Cl)c2Cl)c(C(N)=S)c1C. The topological polar surface area (TPSA) is 63.8 Å². The van der Waals surface area contributed by atoms with Crippen molar-refractivity contribution in [3.8, 4) is 0 Å². The van der Waals surface area contributed by atoms with Gasteiger partial charge in [-0.1, -0.05) is 35.4 Å². The number of anilines is 2. The first kappa shape index (κ1) is 16.4. The molecule has 3 N–H and O–H groups in total. The number of aryl methyl sites for hydroxylation is 1. The van der Waals surface area contributed by atoms with Crippen LogP contribution in [0, 0.1) is 13.8 Å². The van der Waals surface area contributed by atoms with Crippen LogP contribution < -0.4 is 11.1 Å². The highest BCUT2D eigenvalue weighted by molar-refractivity contribution is 9.10. The zero-order valence-electron chi connectivity index (χ0n) is 11.2. The van der Waals surface area contributed by atoms with Crippen LogP contribution in [-0.2, 0) is 0 Å². The van der Waals surface area contributed by atoms with Crippen LogP contribution in [0.3, 0.4) is 0 Å². The van der Waals surface area contributed by atoms with Gasteiger partial charge in [-0.15, -0.1) is 5.10 Å². The molecule has 0 bridgehead atoms. The van der Waals surface area contributed by atoms with Gasteiger partial charge >= 0.3 is 0 Å². The highest BCUT2D eigenvalue weighted by atomic mass is 79.9. The third-order valence-corrected chi connectivity index (χ3v) is 4.96. The predicted molar refractivity (Wildman–Crippen MR) is 94.8 cm³/mol. The maximum absolute atomic E-state index is 6.21. The second-order valence-electron chi connectivity index (χ2n) is 4.35. The average Bonchev–Trinajstić information content (AvgIpc) is 2.43. The van der Waals surface area contributed by atoms with Gasteiger partial charge in [0.1, 0.15) is 4.99 Å². The van der Waals surface area contributed by atoms with Gasteiger partial charge in [-0.3, -0.25) is 0 Å². The van der Waals surface area contributed by atoms with Gasteiger partial charge in [0.15, 0.2) is 5.82 Å². The zero-order chi connectivity index (χ0) is 15.7. The van der Waals surface area contributed by atoms with Gasteiger partial charge in [0.05, 0.1) is 27.0 Å². The molecule has 8 heteroatoms. The molecular weight excluding hydrogens is 395 g/mol. The summed E-state index contributed by atoms with van der Waals surface area (Å²) in [5.41, 5.74) is 8.67. The maximum atomic E-state index is 6.21. The van der Waals surface area contributed by atoms with Crippen LogP contribution in [0.25, 0.3) is 0 Å². The number of halogens is 3. The number of nitrogens with one attached hydrogen (secondary N) is 1. The summed E-state index contributed by atoms with van der Waals surface area (Å²) in [6.07, 6.45) is 0. The van der Waals surface area contributed by atoms with Crippen molar-refractivity contribution in [1.82, 2.24) is 10.2 Å². The Balaban J connectivity index is 2.53. The Kier molecular flexibility index (Phi) is 5.03. The largest absolute Gasteiger partial charge is 0.389 e. The molecule has 0 aliphatic heterocycles. The van der Waals surface area contributed by atoms with E-state index in [0.717, 1.165) is 11.3 Å². The summed E-state index contributed by atoms with van der Waals surface area (Å²) in [6.45, 7) is 3.73. The summed E-state index contributed by atoms with van der Waals surface area (Å²) < 4.78 is 0.709. The molecular formula is C13H11BrCl2N4S. The quantitative estimate of drug-likeness (QED) is 0.579. The molecule has 2 rings (SSSR count). The number of nitrogens with two attached hydrogens (primary N) is 1. The highest BCUT2D eigenvalue weighted by Gasteiger charge is 2.16. The molecule has 0 spiro atoms. The molecule has 0 saturated heterocycles. The summed E-state index contributed by atoms with van der Waals surface area (Å²) in [4.78, 5) is 0.243. The van der Waals surface area contributed by atoms with Gasteiger partial charge in [-0.2, -0.15) is 5.10 Å². The van der Waals surface area contributed by atoms with E-state index in [2.05, 4.69) is 31.4 Å². The average molecular weight is 406 g/mol. The first-order valence-electron chi connectivity index (χ1n) is 5.87. The van der Waals surface area contributed by atoms with E-state index in [-0.39, 0.29) is 4.99 Å². The summed E-state index contributed by atoms with van der Waals surface area (Å²) in [6, 6.07) is 3.56. The fraction of sp³-hybridized carbons (Fsp3) is 0.154. The smallest absolute Gasteiger partial charge is 0.163 e. The molecule has 0 saturated carbocycles. The van der Waals surface area contributed by atoms with Crippen molar-refractivity contribution in [3.63, 3.8) is 0 Å². The fourth-order valence-corrected chi connectivity index (χ4v) is 2.82. The molecule has 110 valence electrons. The molecule has 0 unspecified atom stereocenters. The van der Waals surface area contributed by atoms with Crippen molar-refractivity contribution >= 4 is 67.8 Å². The number of aromatic nitrogens is 2. The number of thiocarbonyl (C=S) groups is 1. The van der Waals surface area contributed by atoms with Crippen LogP contribution in [0.2, 0.25) is 10.0 Å². The van der Waals surface area contributed by atoms with Crippen molar-refractivity contribution in [2.45, 2.75) is 13.8 Å². The molecule has 0 aliphatic rings. The Morgan fingerprint density at radius 1 is 1.24 bits per heavy atom. The Labute approximate surface area is 146 Å². The third kappa shape index (κ3) is 3.29. The summed E-state index contributed by atoms with van der Waals surface area (Å²) in [5.74, 6) is 0.450. The van der Waals surface area contributed by atoms with Gasteiger partial charge in [-0.25, -0.2) is 0 Å². The van der Waals surface area contributed by atoms with Crippen LogP contribution >= 0.6 is 51.3 Å². The van der Waals surface area contributed by atoms with Crippen molar-refractivity contribution in [2.75, 3.05) is 5.32 Å². The molecule has 0 amide bonds. The van der Waals surface area contributed by atoms with Gasteiger partial charge in [-0.05, 0) is 47.5 Å². The Morgan fingerprint density at radius 3 is 2.52 bits per heavy atom. The van der Waals surface area contributed by atoms with Crippen LogP contribution in [0.15, 0.2) is 16.6 Å². The third-order valence-electron chi connectivity index (χ3n) is 2.99. The number of rotatable bonds is 3. The second kappa shape index (κ2) is 6.44. The van der Waals surface area contributed by atoms with Gasteiger partial charge in [0.2, 0.25) is 0 Å². The lowest BCUT2D eigenvalue weighted by Crippen LogP contribution is -2.17. The molecule has 1 heterocycles. The zero-order valence-corrected chi connectivity index (χ0v) is 15.1. The first-order chi connectivity index (χ1) is 9.82. The second-order valence-corrected chi connectivity index (χ2v) is 6.40. The molecule has 4 nitrogen and oxygen atoms in total. The maximum Gasteiger partial charge on any atom is 0.163 e. The lowest BCUT2D eigenvalue weighted by atomic mass is 10.1. The molecule has 0 atom stereocenters. The molecule has 0 fully saturated rings. The minimum atomic E-state index is 0.243. The molecule has 0 aliphatic carbocycles. The lowest BCUT2D eigenvalue weighted by molar-refractivity contribution is 0.963. The van der Waals surface area contributed by atoms with E-state index in [1.165, 1.54) is 0 Å². The van der Waals surface area contributed by atoms with E-state index in [4.69, 9.17) is 41.2 Å². The van der Waals surface area contributed by atoms with E-state index < -0.39 is 0 Å². The monoisotopic (exact) mass is 404 g/mol. The van der Waals surface area contributed by atoms with E-state index in [1.807, 2.05) is 13.8 Å². The van der Waals surface area contributed by atoms with E-state index in [1.54, 1.807) is 12.1 Å². The number of hydrogen-bond donors (Lipinski definition) is 2. The first-order valence-corrected chi connectivity index (χ1v) is 7.82. The molecule has 1 aromatic carbocycles. The minimum Gasteiger partial charge on any atom is -0.389 e. The van der Waals surface area contributed by atoms with Crippen LogP contribution in [0.4, 0.5) is 11.5 Å². The van der Waals surface area contributed by atoms with Gasteiger partial charge in [0.25, 0.3) is 0 Å². The minimum absolute atomic E-state index is 0.243. The van der Waals surface area contributed by atoms with E-state index in [9.17, 15) is 0 Å². The predicted octanol–water partition coefficient (Wildman–Crippen LogP) is 4.54. The van der Waals surface area contributed by atoms with Gasteiger partial charge < -0.3 is 11.1 Å². The van der Waals surface area contributed by atoms with Crippen LogP contribution in [0.1, 0.15) is 16.8 Å². The van der Waals surface area contributed by atoms with Crippen molar-refractivity contribution < 1.29 is 0 Å². The highest BCUT2D eigenvalue weighted by Crippen LogP contribution is 2.37. The molecule has 1 aromatic heterocycles. The summed E-state index contributed by atoms with van der Waals surface area (Å²) >= 11 is 20.7. The lowest BCUT2D eigenvalue weighted by Gasteiger charge is -2.14. The Morgan fingerprint density at radius 2 is 1.90 bits per heavy atom. The number of hydrogen-bond acceptors (Lipinski definition) is 4. The summed E-state index contributed by atoms with van der Waals surface area (Å²) in [7, 11) is 0. The van der Waals surface area contributed by atoms with Crippen LogP contribution in [-0.4, -0.2) is 15.2 Å².